The molecule has 3 heterocycles. The second-order valence-corrected chi connectivity index (χ2v) is 8.47. The van der Waals surface area contributed by atoms with Crippen LogP contribution in [-0.2, 0) is 6.42 Å². The third kappa shape index (κ3) is 3.02. The first kappa shape index (κ1) is 19.4. The lowest BCUT2D eigenvalue weighted by atomic mass is 9.98. The molecule has 4 aromatic rings. The first-order valence-corrected chi connectivity index (χ1v) is 10.7. The van der Waals surface area contributed by atoms with E-state index < -0.39 is 11.9 Å². The van der Waals surface area contributed by atoms with Gasteiger partial charge < -0.3 is 9.15 Å². The fraction of sp³-hybridized carbons (Fsp3) is 0.217. The fourth-order valence-electron chi connectivity index (χ4n) is 3.92. The molecule has 5 rings (SSSR count). The summed E-state index contributed by atoms with van der Waals surface area (Å²) in [5.41, 5.74) is 2.31. The SMILES string of the molecule is CCc1ccc2oc3c(c(=O)c2c1)C(c1ccc(OC)cc1)N(c1nnc(C)s1)C3=O. The van der Waals surface area contributed by atoms with Crippen LogP contribution in [0.5, 0.6) is 5.75 Å². The highest BCUT2D eigenvalue weighted by atomic mass is 32.1. The average molecular weight is 433 g/mol. The van der Waals surface area contributed by atoms with Crippen LogP contribution < -0.4 is 15.1 Å². The molecule has 1 amide bonds. The first-order valence-electron chi connectivity index (χ1n) is 9.89. The fourth-order valence-corrected chi connectivity index (χ4v) is 4.64. The van der Waals surface area contributed by atoms with Gasteiger partial charge >= 0.3 is 0 Å². The van der Waals surface area contributed by atoms with E-state index in [4.69, 9.17) is 9.15 Å². The Morgan fingerprint density at radius 2 is 1.90 bits per heavy atom. The molecule has 2 aromatic carbocycles. The van der Waals surface area contributed by atoms with Gasteiger partial charge in [0.2, 0.25) is 10.9 Å². The van der Waals surface area contributed by atoms with E-state index in [1.165, 1.54) is 16.2 Å². The Labute approximate surface area is 181 Å². The predicted molar refractivity (Wildman–Crippen MR) is 118 cm³/mol. The van der Waals surface area contributed by atoms with Crippen LogP contribution in [0.2, 0.25) is 0 Å². The number of benzene rings is 2. The van der Waals surface area contributed by atoms with Gasteiger partial charge in [-0.15, -0.1) is 10.2 Å². The van der Waals surface area contributed by atoms with E-state index in [1.54, 1.807) is 25.3 Å². The number of aryl methyl sites for hydroxylation is 2. The van der Waals surface area contributed by atoms with Gasteiger partial charge in [0.1, 0.15) is 16.3 Å². The number of methoxy groups -OCH3 is 1. The molecule has 8 heteroatoms. The monoisotopic (exact) mass is 433 g/mol. The quantitative estimate of drug-likeness (QED) is 0.478. The summed E-state index contributed by atoms with van der Waals surface area (Å²) in [4.78, 5) is 28.6. The van der Waals surface area contributed by atoms with Gasteiger partial charge in [-0.05, 0) is 48.7 Å². The Bertz CT molecular complexity index is 1370. The maximum atomic E-state index is 13.6. The van der Waals surface area contributed by atoms with Gasteiger partial charge in [-0.3, -0.25) is 14.5 Å². The zero-order valence-corrected chi connectivity index (χ0v) is 18.0. The molecule has 1 unspecified atom stereocenters. The van der Waals surface area contributed by atoms with Gasteiger partial charge in [0.25, 0.3) is 5.91 Å². The van der Waals surface area contributed by atoms with Gasteiger partial charge in [-0.2, -0.15) is 0 Å². The zero-order valence-electron chi connectivity index (χ0n) is 17.2. The summed E-state index contributed by atoms with van der Waals surface area (Å²) < 4.78 is 11.3. The van der Waals surface area contributed by atoms with Crippen molar-refractivity contribution in [2.24, 2.45) is 0 Å². The molecule has 1 aliphatic rings. The maximum Gasteiger partial charge on any atom is 0.297 e. The minimum atomic E-state index is -0.660. The Kier molecular flexibility index (Phi) is 4.59. The van der Waals surface area contributed by atoms with Crippen LogP contribution >= 0.6 is 11.3 Å². The van der Waals surface area contributed by atoms with E-state index >= 15 is 0 Å². The Morgan fingerprint density at radius 1 is 1.13 bits per heavy atom. The van der Waals surface area contributed by atoms with Crippen molar-refractivity contribution in [3.05, 3.63) is 80.1 Å². The van der Waals surface area contributed by atoms with Gasteiger partial charge in [-0.25, -0.2) is 0 Å². The van der Waals surface area contributed by atoms with Crippen molar-refractivity contribution in [1.29, 1.82) is 0 Å². The molecule has 0 spiro atoms. The summed E-state index contributed by atoms with van der Waals surface area (Å²) in [6.07, 6.45) is 0.795. The van der Waals surface area contributed by atoms with Crippen LogP contribution in [0.25, 0.3) is 11.0 Å². The summed E-state index contributed by atoms with van der Waals surface area (Å²) in [6.45, 7) is 3.85. The lowest BCUT2D eigenvalue weighted by Gasteiger charge is -2.22. The number of anilines is 1. The molecule has 0 saturated heterocycles. The number of rotatable bonds is 4. The molecule has 7 nitrogen and oxygen atoms in total. The normalized spacial score (nSPS) is 15.5. The van der Waals surface area contributed by atoms with Crippen molar-refractivity contribution in [2.75, 3.05) is 12.0 Å². The molecule has 0 radical (unpaired) electrons. The van der Waals surface area contributed by atoms with Crippen LogP contribution in [-0.4, -0.2) is 23.2 Å². The molecule has 0 aliphatic carbocycles. The van der Waals surface area contributed by atoms with Crippen molar-refractivity contribution >= 4 is 33.3 Å². The summed E-state index contributed by atoms with van der Waals surface area (Å²) >= 11 is 1.30. The zero-order chi connectivity index (χ0) is 21.7. The van der Waals surface area contributed by atoms with Crippen LogP contribution in [0.4, 0.5) is 5.13 Å². The van der Waals surface area contributed by atoms with Gasteiger partial charge in [0.15, 0.2) is 5.43 Å². The van der Waals surface area contributed by atoms with E-state index in [2.05, 4.69) is 10.2 Å². The standard InChI is InChI=1S/C23H19N3O4S/c1-4-13-5-10-17-16(11-13)20(27)18-19(14-6-8-15(29-3)9-7-14)26(22(28)21(18)30-17)23-25-24-12(2)31-23/h5-11,19H,4H2,1-3H3. The largest absolute Gasteiger partial charge is 0.497 e. The summed E-state index contributed by atoms with van der Waals surface area (Å²) in [6, 6.07) is 12.1. The second kappa shape index (κ2) is 7.31. The first-order chi connectivity index (χ1) is 15.0. The molecule has 0 bridgehead atoms. The molecular formula is C23H19N3O4S. The third-order valence-electron chi connectivity index (χ3n) is 5.50. The minimum Gasteiger partial charge on any atom is -0.497 e. The van der Waals surface area contributed by atoms with E-state index in [0.29, 0.717) is 27.4 Å². The topological polar surface area (TPSA) is 85.5 Å². The second-order valence-electron chi connectivity index (χ2n) is 7.31. The number of ether oxygens (including phenoxy) is 1. The molecule has 156 valence electrons. The molecule has 0 fully saturated rings. The summed E-state index contributed by atoms with van der Waals surface area (Å²) in [7, 11) is 1.59. The Morgan fingerprint density at radius 3 is 2.55 bits per heavy atom. The van der Waals surface area contributed by atoms with E-state index in [9.17, 15) is 9.59 Å². The highest BCUT2D eigenvalue weighted by Crippen LogP contribution is 2.42. The molecule has 0 saturated carbocycles. The predicted octanol–water partition coefficient (Wildman–Crippen LogP) is 4.27. The molecule has 31 heavy (non-hydrogen) atoms. The number of amides is 1. The lowest BCUT2D eigenvalue weighted by molar-refractivity contribution is 0.0970. The Hall–Kier alpha value is -3.52. The van der Waals surface area contributed by atoms with Crippen molar-refractivity contribution < 1.29 is 13.9 Å². The van der Waals surface area contributed by atoms with Gasteiger partial charge in [0, 0.05) is 0 Å². The molecule has 1 atom stereocenters. The number of hydrogen-bond acceptors (Lipinski definition) is 7. The van der Waals surface area contributed by atoms with Gasteiger partial charge in [-0.1, -0.05) is 36.5 Å². The third-order valence-corrected chi connectivity index (χ3v) is 6.33. The highest BCUT2D eigenvalue weighted by molar-refractivity contribution is 7.15. The Balaban J connectivity index is 1.79. The molecule has 2 aromatic heterocycles. The minimum absolute atomic E-state index is 0.0513. The van der Waals surface area contributed by atoms with Crippen LogP contribution in [0.3, 0.4) is 0 Å². The summed E-state index contributed by atoms with van der Waals surface area (Å²) in [5, 5.41) is 9.85. The van der Waals surface area contributed by atoms with Crippen molar-refractivity contribution in [3.8, 4) is 5.75 Å². The van der Waals surface area contributed by atoms with Crippen LogP contribution in [0, 0.1) is 6.92 Å². The molecular weight excluding hydrogens is 414 g/mol. The van der Waals surface area contributed by atoms with Crippen LogP contribution in [0.1, 0.15) is 45.2 Å². The number of hydrogen-bond donors (Lipinski definition) is 0. The summed E-state index contributed by atoms with van der Waals surface area (Å²) in [5.74, 6) is 0.339. The number of aromatic nitrogens is 2. The van der Waals surface area contributed by atoms with Crippen LogP contribution in [0.15, 0.2) is 51.7 Å². The molecule has 1 aliphatic heterocycles. The number of fused-ring (bicyclic) bond motifs is 2. The van der Waals surface area contributed by atoms with Crippen molar-refractivity contribution in [1.82, 2.24) is 10.2 Å². The highest BCUT2D eigenvalue weighted by Gasteiger charge is 2.45. The molecule has 0 N–H and O–H groups in total. The van der Waals surface area contributed by atoms with E-state index in [-0.39, 0.29) is 11.2 Å². The maximum absolute atomic E-state index is 13.6. The van der Waals surface area contributed by atoms with E-state index in [1.807, 2.05) is 38.1 Å². The lowest BCUT2D eigenvalue weighted by Crippen LogP contribution is -2.29. The van der Waals surface area contributed by atoms with Crippen molar-refractivity contribution in [2.45, 2.75) is 26.3 Å². The smallest absolute Gasteiger partial charge is 0.297 e. The van der Waals surface area contributed by atoms with Gasteiger partial charge in [0.05, 0.1) is 24.1 Å². The number of carbonyl (C=O) groups is 1. The van der Waals surface area contributed by atoms with Crippen molar-refractivity contribution in [3.63, 3.8) is 0 Å². The number of nitrogens with zero attached hydrogens (tertiary/aromatic N) is 3. The number of carbonyl (C=O) groups excluding carboxylic acids is 1. The average Bonchev–Trinajstić information content (AvgIpc) is 3.34. The van der Waals surface area contributed by atoms with E-state index in [0.717, 1.165) is 22.6 Å².